The summed E-state index contributed by atoms with van der Waals surface area (Å²) in [5.74, 6) is 8.28. The van der Waals surface area contributed by atoms with Crippen LogP contribution >= 0.6 is 0 Å². The Morgan fingerprint density at radius 1 is 1.44 bits per heavy atom. The molecule has 0 aromatic rings. The fourth-order valence-corrected chi connectivity index (χ4v) is 4.12. The zero-order chi connectivity index (χ0) is 11.8. The summed E-state index contributed by atoms with van der Waals surface area (Å²) in [6, 6.07) is 0. The molecule has 2 rings (SSSR count). The van der Waals surface area contributed by atoms with Crippen LogP contribution in [0.1, 0.15) is 52.9 Å². The number of rotatable bonds is 1. The second-order valence-corrected chi connectivity index (χ2v) is 5.75. The first-order valence-electron chi connectivity index (χ1n) is 6.54. The van der Waals surface area contributed by atoms with Crippen molar-refractivity contribution in [3.63, 3.8) is 0 Å². The van der Waals surface area contributed by atoms with E-state index in [1.165, 1.54) is 12.8 Å². The minimum absolute atomic E-state index is 0.249. The average molecular weight is 218 g/mol. The first-order chi connectivity index (χ1) is 7.59. The third kappa shape index (κ3) is 1.69. The van der Waals surface area contributed by atoms with Crippen LogP contribution in [-0.4, -0.2) is 5.78 Å². The number of hydrogen-bond acceptors (Lipinski definition) is 1. The van der Waals surface area contributed by atoms with Gasteiger partial charge in [-0.3, -0.25) is 4.79 Å². The molecule has 0 aromatic carbocycles. The highest BCUT2D eigenvalue weighted by Crippen LogP contribution is 2.56. The Morgan fingerprint density at radius 2 is 2.19 bits per heavy atom. The van der Waals surface area contributed by atoms with Crippen LogP contribution in [0.3, 0.4) is 0 Å². The molecule has 0 aromatic heterocycles. The second kappa shape index (κ2) is 4.24. The van der Waals surface area contributed by atoms with Crippen LogP contribution in [0.2, 0.25) is 0 Å². The summed E-state index contributed by atoms with van der Waals surface area (Å²) in [6.07, 6.45) is 5.44. The van der Waals surface area contributed by atoms with Gasteiger partial charge in [0.1, 0.15) is 5.78 Å². The van der Waals surface area contributed by atoms with E-state index in [1.54, 1.807) is 0 Å². The summed E-state index contributed by atoms with van der Waals surface area (Å²) >= 11 is 0. The van der Waals surface area contributed by atoms with E-state index in [-0.39, 0.29) is 5.41 Å². The smallest absolute Gasteiger partial charge is 0.136 e. The molecule has 0 heterocycles. The molecule has 0 N–H and O–H groups in total. The van der Waals surface area contributed by atoms with Crippen molar-refractivity contribution in [1.29, 1.82) is 0 Å². The van der Waals surface area contributed by atoms with E-state index in [0.717, 1.165) is 19.3 Å². The number of carbonyl (C=O) groups is 1. The molecule has 0 aliphatic heterocycles. The van der Waals surface area contributed by atoms with Gasteiger partial charge in [-0.1, -0.05) is 13.8 Å². The maximum absolute atomic E-state index is 12.0. The molecular formula is C15H22O. The maximum Gasteiger partial charge on any atom is 0.136 e. The van der Waals surface area contributed by atoms with Crippen molar-refractivity contribution in [3.8, 4) is 11.8 Å². The fraction of sp³-hybridized carbons (Fsp3) is 0.800. The minimum Gasteiger partial charge on any atom is -0.299 e. The normalized spacial score (nSPS) is 39.8. The number of fused-ring (bicyclic) bond motifs is 1. The van der Waals surface area contributed by atoms with Gasteiger partial charge in [0.2, 0.25) is 0 Å². The standard InChI is InChI=1S/C15H22O/c1-4-6-11(2)12-8-9-13-14(16)7-5-10-15(12,13)3/h11-13H,5,7-10H2,1-3H3/t11?,12-,13?,15-/m1/s1. The molecule has 2 aliphatic rings. The molecule has 2 saturated carbocycles. The molecule has 0 bridgehead atoms. The van der Waals surface area contributed by atoms with Crippen molar-refractivity contribution in [1.82, 2.24) is 0 Å². The summed E-state index contributed by atoms with van der Waals surface area (Å²) in [5, 5.41) is 0. The van der Waals surface area contributed by atoms with Crippen LogP contribution < -0.4 is 0 Å². The van der Waals surface area contributed by atoms with Gasteiger partial charge in [-0.2, -0.15) is 0 Å². The van der Waals surface area contributed by atoms with Crippen LogP contribution in [0, 0.1) is 35.0 Å². The Labute approximate surface area is 99.0 Å². The largest absolute Gasteiger partial charge is 0.299 e. The summed E-state index contributed by atoms with van der Waals surface area (Å²) in [4.78, 5) is 12.0. The number of ketones is 1. The quantitative estimate of drug-likeness (QED) is 0.616. The molecule has 2 unspecified atom stereocenters. The van der Waals surface area contributed by atoms with Crippen molar-refractivity contribution in [2.75, 3.05) is 0 Å². The number of hydrogen-bond donors (Lipinski definition) is 0. The topological polar surface area (TPSA) is 17.1 Å². The van der Waals surface area contributed by atoms with Crippen LogP contribution in [0.25, 0.3) is 0 Å². The molecule has 0 radical (unpaired) electrons. The molecule has 88 valence electrons. The van der Waals surface area contributed by atoms with Gasteiger partial charge in [0, 0.05) is 18.3 Å². The van der Waals surface area contributed by atoms with Crippen molar-refractivity contribution >= 4 is 5.78 Å². The van der Waals surface area contributed by atoms with E-state index in [0.29, 0.717) is 23.5 Å². The van der Waals surface area contributed by atoms with Gasteiger partial charge in [0.25, 0.3) is 0 Å². The van der Waals surface area contributed by atoms with Gasteiger partial charge in [-0.05, 0) is 43.9 Å². The second-order valence-electron chi connectivity index (χ2n) is 5.75. The lowest BCUT2D eigenvalue weighted by Gasteiger charge is -2.41. The summed E-state index contributed by atoms with van der Waals surface area (Å²) in [5.41, 5.74) is 0.249. The monoisotopic (exact) mass is 218 g/mol. The van der Waals surface area contributed by atoms with Gasteiger partial charge < -0.3 is 0 Å². The van der Waals surface area contributed by atoms with Gasteiger partial charge in [0.05, 0.1) is 0 Å². The molecule has 0 saturated heterocycles. The van der Waals surface area contributed by atoms with Crippen LogP contribution in [0.4, 0.5) is 0 Å². The Morgan fingerprint density at radius 3 is 2.88 bits per heavy atom. The average Bonchev–Trinajstić information content (AvgIpc) is 2.57. The molecule has 1 heteroatoms. The van der Waals surface area contributed by atoms with Gasteiger partial charge in [-0.15, -0.1) is 11.8 Å². The number of Topliss-reactive ketones (excluding diaryl/α,β-unsaturated/α-hetero) is 1. The van der Waals surface area contributed by atoms with Gasteiger partial charge in [0.15, 0.2) is 0 Å². The van der Waals surface area contributed by atoms with Crippen LogP contribution in [0.15, 0.2) is 0 Å². The van der Waals surface area contributed by atoms with Crippen molar-refractivity contribution in [2.45, 2.75) is 52.9 Å². The van der Waals surface area contributed by atoms with Crippen molar-refractivity contribution in [2.24, 2.45) is 23.2 Å². The molecule has 1 nitrogen and oxygen atoms in total. The summed E-state index contributed by atoms with van der Waals surface area (Å²) < 4.78 is 0. The zero-order valence-corrected chi connectivity index (χ0v) is 10.7. The lowest BCUT2D eigenvalue weighted by atomic mass is 9.62. The molecule has 4 atom stereocenters. The first kappa shape index (κ1) is 11.7. The third-order valence-corrected chi connectivity index (χ3v) is 4.91. The predicted octanol–water partition coefficient (Wildman–Crippen LogP) is 3.43. The van der Waals surface area contributed by atoms with Crippen molar-refractivity contribution in [3.05, 3.63) is 0 Å². The highest BCUT2D eigenvalue weighted by molar-refractivity contribution is 5.83. The molecule has 0 spiro atoms. The maximum atomic E-state index is 12.0. The van der Waals surface area contributed by atoms with Gasteiger partial charge in [-0.25, -0.2) is 0 Å². The Bertz CT molecular complexity index is 346. The molecule has 0 amide bonds. The number of carbonyl (C=O) groups excluding carboxylic acids is 1. The first-order valence-corrected chi connectivity index (χ1v) is 6.54. The van der Waals surface area contributed by atoms with Crippen LogP contribution in [0.5, 0.6) is 0 Å². The molecule has 2 fully saturated rings. The Balaban J connectivity index is 2.23. The van der Waals surface area contributed by atoms with E-state index in [9.17, 15) is 4.79 Å². The predicted molar refractivity (Wildman–Crippen MR) is 65.8 cm³/mol. The van der Waals surface area contributed by atoms with E-state index >= 15 is 0 Å². The molecular weight excluding hydrogens is 196 g/mol. The minimum atomic E-state index is 0.249. The SMILES string of the molecule is CC#CC(C)[C@H]1CCC2C(=O)CCC[C@@]21C. The van der Waals surface area contributed by atoms with E-state index in [1.807, 2.05) is 6.92 Å². The zero-order valence-electron chi connectivity index (χ0n) is 10.7. The van der Waals surface area contributed by atoms with Crippen molar-refractivity contribution < 1.29 is 4.79 Å². The highest BCUT2D eigenvalue weighted by Gasteiger charge is 2.52. The van der Waals surface area contributed by atoms with E-state index < -0.39 is 0 Å². The molecule has 2 aliphatic carbocycles. The fourth-order valence-electron chi connectivity index (χ4n) is 4.12. The van der Waals surface area contributed by atoms with E-state index in [4.69, 9.17) is 0 Å². The summed E-state index contributed by atoms with van der Waals surface area (Å²) in [7, 11) is 0. The third-order valence-electron chi connectivity index (χ3n) is 4.91. The Kier molecular flexibility index (Phi) is 3.10. The molecule has 16 heavy (non-hydrogen) atoms. The summed E-state index contributed by atoms with van der Waals surface area (Å²) in [6.45, 7) is 6.48. The lowest BCUT2D eigenvalue weighted by molar-refractivity contribution is -0.129. The highest BCUT2D eigenvalue weighted by atomic mass is 16.1. The van der Waals surface area contributed by atoms with E-state index in [2.05, 4.69) is 25.7 Å². The lowest BCUT2D eigenvalue weighted by Crippen LogP contribution is -2.39. The van der Waals surface area contributed by atoms with Crippen LogP contribution in [-0.2, 0) is 4.79 Å². The van der Waals surface area contributed by atoms with Gasteiger partial charge >= 0.3 is 0 Å². The Hall–Kier alpha value is -0.770.